The molecule has 1 rings (SSSR count). The van der Waals surface area contributed by atoms with Gasteiger partial charge in [0, 0.05) is 7.11 Å². The number of rotatable bonds is 5. The highest BCUT2D eigenvalue weighted by atomic mass is 16.5. The van der Waals surface area contributed by atoms with Gasteiger partial charge in [-0.1, -0.05) is 50.6 Å². The van der Waals surface area contributed by atoms with Gasteiger partial charge < -0.3 is 9.84 Å². The number of hydrogen-bond acceptors (Lipinski definition) is 2. The van der Waals surface area contributed by atoms with Gasteiger partial charge in [0.05, 0.1) is 6.61 Å². The van der Waals surface area contributed by atoms with Crippen LogP contribution in [0.2, 0.25) is 0 Å². The van der Waals surface area contributed by atoms with Crippen LogP contribution in [0.5, 0.6) is 0 Å². The van der Waals surface area contributed by atoms with E-state index in [9.17, 15) is 5.11 Å². The van der Waals surface area contributed by atoms with E-state index in [1.54, 1.807) is 7.11 Å². The summed E-state index contributed by atoms with van der Waals surface area (Å²) in [5.74, 6) is 0.180. The van der Waals surface area contributed by atoms with E-state index in [0.717, 1.165) is 12.0 Å². The number of aliphatic hydroxyl groups is 1. The van der Waals surface area contributed by atoms with Gasteiger partial charge in [0.15, 0.2) is 0 Å². The third kappa shape index (κ3) is 2.58. The van der Waals surface area contributed by atoms with Gasteiger partial charge in [-0.2, -0.15) is 0 Å². The third-order valence-corrected chi connectivity index (χ3v) is 3.07. The highest BCUT2D eigenvalue weighted by molar-refractivity contribution is 5.23. The van der Waals surface area contributed by atoms with E-state index in [0.29, 0.717) is 6.61 Å². The molecule has 0 heterocycles. The van der Waals surface area contributed by atoms with Gasteiger partial charge in [-0.15, -0.1) is 0 Å². The fourth-order valence-electron chi connectivity index (χ4n) is 1.79. The minimum Gasteiger partial charge on any atom is -0.382 e. The van der Waals surface area contributed by atoms with Crippen LogP contribution in [0.3, 0.4) is 0 Å². The van der Waals surface area contributed by atoms with Crippen LogP contribution in [0.25, 0.3) is 0 Å². The topological polar surface area (TPSA) is 29.5 Å². The highest BCUT2D eigenvalue weighted by Crippen LogP contribution is 2.31. The Labute approximate surface area is 91.9 Å². The van der Waals surface area contributed by atoms with Crippen molar-refractivity contribution >= 4 is 0 Å². The van der Waals surface area contributed by atoms with Crippen molar-refractivity contribution in [2.45, 2.75) is 25.9 Å². The number of methoxy groups -OCH3 is 1. The molecule has 2 unspecified atom stereocenters. The van der Waals surface area contributed by atoms with Crippen LogP contribution in [0.15, 0.2) is 30.3 Å². The maximum Gasteiger partial charge on any atom is 0.115 e. The Balaban J connectivity index is 3.01. The van der Waals surface area contributed by atoms with E-state index < -0.39 is 5.60 Å². The molecule has 0 spiro atoms. The molecule has 0 aliphatic carbocycles. The molecule has 0 aliphatic rings. The van der Waals surface area contributed by atoms with Crippen molar-refractivity contribution < 1.29 is 9.84 Å². The molecule has 1 aromatic rings. The van der Waals surface area contributed by atoms with E-state index in [4.69, 9.17) is 4.74 Å². The molecule has 0 radical (unpaired) electrons. The van der Waals surface area contributed by atoms with E-state index in [1.807, 2.05) is 37.3 Å². The van der Waals surface area contributed by atoms with E-state index in [-0.39, 0.29) is 5.92 Å². The fourth-order valence-corrected chi connectivity index (χ4v) is 1.79. The predicted octanol–water partition coefficient (Wildman–Crippen LogP) is 2.57. The van der Waals surface area contributed by atoms with Crippen LogP contribution >= 0.6 is 0 Å². The Kier molecular flexibility index (Phi) is 4.30. The molecule has 0 amide bonds. The van der Waals surface area contributed by atoms with Crippen molar-refractivity contribution in [2.24, 2.45) is 5.92 Å². The summed E-state index contributed by atoms with van der Waals surface area (Å²) in [6.07, 6.45) is 0.925. The Morgan fingerprint density at radius 1 is 1.33 bits per heavy atom. The van der Waals surface area contributed by atoms with Gasteiger partial charge in [-0.25, -0.2) is 0 Å². The molecule has 0 bridgehead atoms. The summed E-state index contributed by atoms with van der Waals surface area (Å²) in [5, 5.41) is 10.6. The highest BCUT2D eigenvalue weighted by Gasteiger charge is 2.34. The third-order valence-electron chi connectivity index (χ3n) is 3.07. The summed E-state index contributed by atoms with van der Waals surface area (Å²) in [7, 11) is 1.62. The van der Waals surface area contributed by atoms with E-state index in [2.05, 4.69) is 6.92 Å². The summed E-state index contributed by atoms with van der Waals surface area (Å²) < 4.78 is 5.13. The van der Waals surface area contributed by atoms with Gasteiger partial charge >= 0.3 is 0 Å². The second-order valence-electron chi connectivity index (χ2n) is 4.03. The lowest BCUT2D eigenvalue weighted by atomic mass is 9.81. The maximum atomic E-state index is 10.6. The average Bonchev–Trinajstić information content (AvgIpc) is 2.29. The Bertz CT molecular complexity index is 284. The van der Waals surface area contributed by atoms with Gasteiger partial charge in [0.25, 0.3) is 0 Å². The van der Waals surface area contributed by atoms with Gasteiger partial charge in [0.1, 0.15) is 5.60 Å². The Morgan fingerprint density at radius 2 is 1.93 bits per heavy atom. The first-order chi connectivity index (χ1) is 7.15. The standard InChI is InChI=1S/C13H20O2/c1-4-11(2)13(14,10-15-3)12-8-6-5-7-9-12/h5-9,11,14H,4,10H2,1-3H3. The minimum atomic E-state index is -0.870. The van der Waals surface area contributed by atoms with Crippen molar-refractivity contribution in [3.63, 3.8) is 0 Å². The lowest BCUT2D eigenvalue weighted by molar-refractivity contribution is -0.0761. The zero-order valence-corrected chi connectivity index (χ0v) is 9.73. The zero-order valence-electron chi connectivity index (χ0n) is 9.73. The first kappa shape index (κ1) is 12.2. The van der Waals surface area contributed by atoms with Crippen LogP contribution in [0.4, 0.5) is 0 Å². The molecule has 0 aliphatic heterocycles. The van der Waals surface area contributed by atoms with Crippen LogP contribution in [-0.4, -0.2) is 18.8 Å². The van der Waals surface area contributed by atoms with Gasteiger partial charge in [0.2, 0.25) is 0 Å². The predicted molar refractivity (Wildman–Crippen MR) is 61.7 cm³/mol. The van der Waals surface area contributed by atoms with Crippen molar-refractivity contribution in [3.8, 4) is 0 Å². The van der Waals surface area contributed by atoms with Crippen molar-refractivity contribution in [3.05, 3.63) is 35.9 Å². The molecule has 84 valence electrons. The second-order valence-corrected chi connectivity index (χ2v) is 4.03. The van der Waals surface area contributed by atoms with E-state index in [1.165, 1.54) is 0 Å². The Morgan fingerprint density at radius 3 is 2.40 bits per heavy atom. The fraction of sp³-hybridized carbons (Fsp3) is 0.538. The number of benzene rings is 1. The molecule has 1 N–H and O–H groups in total. The van der Waals surface area contributed by atoms with E-state index >= 15 is 0 Å². The molecule has 2 heteroatoms. The van der Waals surface area contributed by atoms with Gasteiger partial charge in [-0.3, -0.25) is 0 Å². The molecule has 0 saturated carbocycles. The monoisotopic (exact) mass is 208 g/mol. The minimum absolute atomic E-state index is 0.180. The zero-order chi connectivity index (χ0) is 11.3. The summed E-state index contributed by atoms with van der Waals surface area (Å²) in [4.78, 5) is 0. The molecular formula is C13H20O2. The molecule has 1 aromatic carbocycles. The largest absolute Gasteiger partial charge is 0.382 e. The lowest BCUT2D eigenvalue weighted by Gasteiger charge is -2.33. The SMILES string of the molecule is CCC(C)C(O)(COC)c1ccccc1. The quantitative estimate of drug-likeness (QED) is 0.806. The number of ether oxygens (including phenoxy) is 1. The molecule has 0 aromatic heterocycles. The first-order valence-electron chi connectivity index (χ1n) is 5.42. The smallest absolute Gasteiger partial charge is 0.115 e. The molecule has 0 fully saturated rings. The molecule has 15 heavy (non-hydrogen) atoms. The van der Waals surface area contributed by atoms with Crippen molar-refractivity contribution in [1.29, 1.82) is 0 Å². The summed E-state index contributed by atoms with van der Waals surface area (Å²) in [5.41, 5.74) is 0.0614. The molecular weight excluding hydrogens is 188 g/mol. The van der Waals surface area contributed by atoms with Crippen LogP contribution < -0.4 is 0 Å². The van der Waals surface area contributed by atoms with Gasteiger partial charge in [-0.05, 0) is 11.5 Å². The summed E-state index contributed by atoms with van der Waals surface area (Å²) in [6.45, 7) is 4.46. The van der Waals surface area contributed by atoms with Crippen molar-refractivity contribution in [1.82, 2.24) is 0 Å². The second kappa shape index (κ2) is 5.29. The lowest BCUT2D eigenvalue weighted by Crippen LogP contribution is -2.37. The molecule has 0 saturated heterocycles. The maximum absolute atomic E-state index is 10.6. The number of hydrogen-bond donors (Lipinski definition) is 1. The first-order valence-corrected chi connectivity index (χ1v) is 5.42. The normalized spacial score (nSPS) is 17.1. The molecule has 2 atom stereocenters. The van der Waals surface area contributed by atoms with Crippen molar-refractivity contribution in [2.75, 3.05) is 13.7 Å². The van der Waals surface area contributed by atoms with Crippen LogP contribution in [0.1, 0.15) is 25.8 Å². The van der Waals surface area contributed by atoms with Crippen LogP contribution in [-0.2, 0) is 10.3 Å². The molecule has 2 nitrogen and oxygen atoms in total. The van der Waals surface area contributed by atoms with Crippen LogP contribution in [0, 0.1) is 5.92 Å². The average molecular weight is 208 g/mol. The summed E-state index contributed by atoms with van der Waals surface area (Å²) in [6, 6.07) is 9.74. The summed E-state index contributed by atoms with van der Waals surface area (Å²) >= 11 is 0. The Hall–Kier alpha value is -0.860.